The average molecular weight is 366 g/mol. The van der Waals surface area contributed by atoms with Gasteiger partial charge in [0.05, 0.1) is 0 Å². The molecule has 8 nitrogen and oxygen atoms in total. The van der Waals surface area contributed by atoms with Gasteiger partial charge >= 0.3 is 11.9 Å². The Kier molecular flexibility index (Phi) is 4.63. The number of rotatable bonds is 5. The highest BCUT2D eigenvalue weighted by Gasteiger charge is 2.28. The molecular weight excluding hydrogens is 352 g/mol. The second-order valence-electron chi connectivity index (χ2n) is 5.51. The molecule has 0 aliphatic heterocycles. The summed E-state index contributed by atoms with van der Waals surface area (Å²) in [7, 11) is 0. The largest absolute Gasteiger partial charge is 0.478 e. The number of aromatic nitrogens is 1. The standard InChI is InChI=1S/C19H14N2O6/c20-16-14(18(23)24)13(15(19(25)26)17(22)21-16)11-8-4-5-9-12(11)27-10-6-2-1-3-7-10/h1-9H,(H,23,24)(H,25,26)(H3,20,21,22). The number of carboxylic acid groups (broad SMARTS) is 2. The number of hydrogen-bond acceptors (Lipinski definition) is 5. The number of ether oxygens (including phenoxy) is 1. The number of carboxylic acids is 2. The van der Waals surface area contributed by atoms with E-state index in [-0.39, 0.29) is 16.9 Å². The third-order valence-electron chi connectivity index (χ3n) is 3.80. The molecule has 0 aliphatic carbocycles. The number of nitrogens with two attached hydrogens (primary N) is 1. The summed E-state index contributed by atoms with van der Waals surface area (Å²) >= 11 is 0. The molecule has 3 rings (SSSR count). The topological polar surface area (TPSA) is 143 Å². The molecule has 0 unspecified atom stereocenters. The molecule has 0 fully saturated rings. The van der Waals surface area contributed by atoms with Gasteiger partial charge in [-0.15, -0.1) is 0 Å². The molecule has 27 heavy (non-hydrogen) atoms. The van der Waals surface area contributed by atoms with Gasteiger partial charge in [0.15, 0.2) is 0 Å². The molecule has 0 amide bonds. The fraction of sp³-hybridized carbons (Fsp3) is 0. The molecule has 0 saturated heterocycles. The molecule has 0 aliphatic rings. The molecule has 136 valence electrons. The van der Waals surface area contributed by atoms with E-state index < -0.39 is 34.4 Å². The summed E-state index contributed by atoms with van der Waals surface area (Å²) in [6.07, 6.45) is 0. The molecule has 8 heteroatoms. The van der Waals surface area contributed by atoms with Crippen molar-refractivity contribution in [1.82, 2.24) is 4.98 Å². The number of H-pyrrole nitrogens is 1. The number of para-hydroxylation sites is 2. The van der Waals surface area contributed by atoms with Gasteiger partial charge in [0.25, 0.3) is 5.56 Å². The molecular formula is C19H14N2O6. The predicted molar refractivity (Wildman–Crippen MR) is 97.3 cm³/mol. The number of aromatic amines is 1. The van der Waals surface area contributed by atoms with E-state index in [1.807, 2.05) is 0 Å². The van der Waals surface area contributed by atoms with Gasteiger partial charge in [0, 0.05) is 11.1 Å². The van der Waals surface area contributed by atoms with Gasteiger partial charge < -0.3 is 25.7 Å². The summed E-state index contributed by atoms with van der Waals surface area (Å²) in [4.78, 5) is 37.7. The van der Waals surface area contributed by atoms with Crippen LogP contribution < -0.4 is 16.0 Å². The van der Waals surface area contributed by atoms with Gasteiger partial charge in [-0.2, -0.15) is 0 Å². The van der Waals surface area contributed by atoms with E-state index in [1.165, 1.54) is 12.1 Å². The van der Waals surface area contributed by atoms with Gasteiger partial charge in [-0.1, -0.05) is 36.4 Å². The minimum absolute atomic E-state index is 0.119. The van der Waals surface area contributed by atoms with E-state index in [0.29, 0.717) is 5.75 Å². The van der Waals surface area contributed by atoms with Crippen LogP contribution in [0.15, 0.2) is 59.4 Å². The van der Waals surface area contributed by atoms with Gasteiger partial charge in [-0.05, 0) is 18.2 Å². The lowest BCUT2D eigenvalue weighted by atomic mass is 9.94. The van der Waals surface area contributed by atoms with Crippen molar-refractivity contribution in [2.24, 2.45) is 0 Å². The second kappa shape index (κ2) is 7.04. The van der Waals surface area contributed by atoms with E-state index in [1.54, 1.807) is 42.5 Å². The molecule has 2 aromatic carbocycles. The number of pyridine rings is 1. The first-order chi connectivity index (χ1) is 12.9. The number of nitrogens with one attached hydrogen (secondary N) is 1. The van der Waals surface area contributed by atoms with Crippen molar-refractivity contribution in [2.45, 2.75) is 0 Å². The molecule has 3 aromatic rings. The molecule has 1 heterocycles. The van der Waals surface area contributed by atoms with Crippen molar-refractivity contribution in [3.63, 3.8) is 0 Å². The predicted octanol–water partition coefficient (Wildman–Crippen LogP) is 2.81. The molecule has 1 aromatic heterocycles. The van der Waals surface area contributed by atoms with E-state index >= 15 is 0 Å². The maximum absolute atomic E-state index is 12.2. The van der Waals surface area contributed by atoms with E-state index in [9.17, 15) is 24.6 Å². The van der Waals surface area contributed by atoms with Gasteiger partial charge in [-0.3, -0.25) is 4.79 Å². The first-order valence-corrected chi connectivity index (χ1v) is 7.74. The van der Waals surface area contributed by atoms with Crippen molar-refractivity contribution in [2.75, 3.05) is 5.73 Å². The SMILES string of the molecule is Nc1[nH]c(=O)c(C(=O)O)c(-c2ccccc2Oc2ccccc2)c1C(=O)O. The lowest BCUT2D eigenvalue weighted by Gasteiger charge is -2.16. The Balaban J connectivity index is 2.33. The average Bonchev–Trinajstić information content (AvgIpc) is 2.61. The molecule has 0 atom stereocenters. The third-order valence-corrected chi connectivity index (χ3v) is 3.80. The minimum atomic E-state index is -1.58. The van der Waals surface area contributed by atoms with E-state index in [4.69, 9.17) is 10.5 Å². The fourth-order valence-corrected chi connectivity index (χ4v) is 2.69. The van der Waals surface area contributed by atoms with Crippen LogP contribution in [0, 0.1) is 0 Å². The van der Waals surface area contributed by atoms with Gasteiger partial charge in [-0.25, -0.2) is 9.59 Å². The first-order valence-electron chi connectivity index (χ1n) is 7.74. The maximum Gasteiger partial charge on any atom is 0.342 e. The minimum Gasteiger partial charge on any atom is -0.478 e. The highest BCUT2D eigenvalue weighted by atomic mass is 16.5. The number of hydrogen-bond donors (Lipinski definition) is 4. The Labute approximate surface area is 152 Å². The first kappa shape index (κ1) is 17.7. The normalized spacial score (nSPS) is 10.4. The lowest BCUT2D eigenvalue weighted by Crippen LogP contribution is -2.24. The summed E-state index contributed by atoms with van der Waals surface area (Å²) in [5, 5.41) is 19.0. The molecule has 0 saturated carbocycles. The third kappa shape index (κ3) is 3.36. The smallest absolute Gasteiger partial charge is 0.342 e. The second-order valence-corrected chi connectivity index (χ2v) is 5.51. The monoisotopic (exact) mass is 366 g/mol. The summed E-state index contributed by atoms with van der Waals surface area (Å²) in [5.41, 5.74) is 3.21. The highest BCUT2D eigenvalue weighted by molar-refractivity contribution is 6.08. The van der Waals surface area contributed by atoms with Crippen LogP contribution in [0.2, 0.25) is 0 Å². The Morgan fingerprint density at radius 2 is 1.48 bits per heavy atom. The van der Waals surface area contributed by atoms with Crippen molar-refractivity contribution in [3.8, 4) is 22.6 Å². The van der Waals surface area contributed by atoms with Crippen molar-refractivity contribution in [1.29, 1.82) is 0 Å². The molecule has 0 spiro atoms. The number of nitrogen functional groups attached to an aromatic ring is 1. The van der Waals surface area contributed by atoms with Gasteiger partial charge in [0.1, 0.15) is 28.4 Å². The Morgan fingerprint density at radius 1 is 0.889 bits per heavy atom. The maximum atomic E-state index is 12.2. The lowest BCUT2D eigenvalue weighted by molar-refractivity contribution is 0.0695. The Hall–Kier alpha value is -4.07. The van der Waals surface area contributed by atoms with Gasteiger partial charge in [0.2, 0.25) is 0 Å². The van der Waals surface area contributed by atoms with Crippen LogP contribution in [0.25, 0.3) is 11.1 Å². The number of carbonyl (C=O) groups is 2. The van der Waals surface area contributed by atoms with Crippen molar-refractivity contribution < 1.29 is 24.5 Å². The zero-order valence-electron chi connectivity index (χ0n) is 13.8. The van der Waals surface area contributed by atoms with Crippen molar-refractivity contribution >= 4 is 17.8 Å². The zero-order valence-corrected chi connectivity index (χ0v) is 13.8. The number of benzene rings is 2. The van der Waals surface area contributed by atoms with Crippen molar-refractivity contribution in [3.05, 3.63) is 76.1 Å². The van der Waals surface area contributed by atoms with E-state index in [0.717, 1.165) is 0 Å². The summed E-state index contributed by atoms with van der Waals surface area (Å²) < 4.78 is 5.77. The summed E-state index contributed by atoms with van der Waals surface area (Å²) in [5.74, 6) is -2.86. The van der Waals surface area contributed by atoms with Crippen LogP contribution in [0.3, 0.4) is 0 Å². The highest BCUT2D eigenvalue weighted by Crippen LogP contribution is 2.37. The molecule has 0 radical (unpaired) electrons. The van der Waals surface area contributed by atoms with Crippen LogP contribution in [0.1, 0.15) is 20.7 Å². The zero-order chi connectivity index (χ0) is 19.6. The van der Waals surface area contributed by atoms with Crippen LogP contribution >= 0.6 is 0 Å². The number of aromatic carboxylic acids is 2. The molecule has 5 N–H and O–H groups in total. The van der Waals surface area contributed by atoms with Crippen LogP contribution in [-0.2, 0) is 0 Å². The van der Waals surface area contributed by atoms with E-state index in [2.05, 4.69) is 4.98 Å². The number of anilines is 1. The van der Waals surface area contributed by atoms with Crippen LogP contribution in [-0.4, -0.2) is 27.1 Å². The van der Waals surface area contributed by atoms with Crippen LogP contribution in [0.5, 0.6) is 11.5 Å². The summed E-state index contributed by atoms with van der Waals surface area (Å²) in [6.45, 7) is 0. The quantitative estimate of drug-likeness (QED) is 0.543. The summed E-state index contributed by atoms with van der Waals surface area (Å²) in [6, 6.07) is 14.9. The van der Waals surface area contributed by atoms with Crippen LogP contribution in [0.4, 0.5) is 5.82 Å². The molecule has 0 bridgehead atoms. The Morgan fingerprint density at radius 3 is 2.11 bits per heavy atom. The fourth-order valence-electron chi connectivity index (χ4n) is 2.69. The Bertz CT molecular complexity index is 1090.